The van der Waals surface area contributed by atoms with Crippen molar-refractivity contribution in [3.05, 3.63) is 47.8 Å². The first kappa shape index (κ1) is 23.2. The standard InChI is InChI=1S/C23H29N4O2PS/c1-3-18-15-17(16-26-22(18)24-2)11-12-19-13-14-25-23(21(19)30)27-31(28,29)20-9-7-5-4-6-8-10-20/h3,13-16,20H,1,4-10,30H2,2H3,(H,24,26)(H,25,27). The molecule has 0 radical (unpaired) electrons. The molecule has 0 amide bonds. The van der Waals surface area contributed by atoms with E-state index in [0.29, 0.717) is 29.5 Å². The molecule has 1 fully saturated rings. The third kappa shape index (κ3) is 6.06. The van der Waals surface area contributed by atoms with Gasteiger partial charge in [-0.25, -0.2) is 18.4 Å². The third-order valence-corrected chi connectivity index (χ3v) is 7.85. The predicted octanol–water partition coefficient (Wildman–Crippen LogP) is 3.92. The lowest BCUT2D eigenvalue weighted by Crippen LogP contribution is -2.30. The Labute approximate surface area is 187 Å². The summed E-state index contributed by atoms with van der Waals surface area (Å²) in [5.41, 5.74) is 2.29. The van der Waals surface area contributed by atoms with Crippen LogP contribution in [0.1, 0.15) is 61.6 Å². The van der Waals surface area contributed by atoms with Gasteiger partial charge >= 0.3 is 0 Å². The van der Waals surface area contributed by atoms with E-state index in [1.807, 2.05) is 6.07 Å². The molecule has 1 unspecified atom stereocenters. The highest BCUT2D eigenvalue weighted by Gasteiger charge is 2.26. The Morgan fingerprint density at radius 2 is 1.84 bits per heavy atom. The van der Waals surface area contributed by atoms with Gasteiger partial charge in [0.25, 0.3) is 0 Å². The van der Waals surface area contributed by atoms with Gasteiger partial charge in [0.15, 0.2) is 0 Å². The Hall–Kier alpha value is -2.42. The SMILES string of the molecule is C=Cc1cc(C#Cc2ccnc(NS(=O)(=O)C3CCCCCCC3)c2P)cnc1NC. The molecule has 0 spiro atoms. The van der Waals surface area contributed by atoms with Crippen LogP contribution in [0.25, 0.3) is 6.08 Å². The first-order chi connectivity index (χ1) is 14.9. The predicted molar refractivity (Wildman–Crippen MR) is 132 cm³/mol. The minimum atomic E-state index is -3.50. The highest BCUT2D eigenvalue weighted by atomic mass is 32.2. The van der Waals surface area contributed by atoms with E-state index in [2.05, 4.69) is 47.7 Å². The van der Waals surface area contributed by atoms with Crippen LogP contribution in [0.3, 0.4) is 0 Å². The second-order valence-corrected chi connectivity index (χ2v) is 10.1. The Morgan fingerprint density at radius 3 is 2.52 bits per heavy atom. The van der Waals surface area contributed by atoms with E-state index in [0.717, 1.165) is 42.6 Å². The van der Waals surface area contributed by atoms with Crippen molar-refractivity contribution in [1.82, 2.24) is 9.97 Å². The van der Waals surface area contributed by atoms with Crippen molar-refractivity contribution in [2.24, 2.45) is 0 Å². The summed E-state index contributed by atoms with van der Waals surface area (Å²) in [6, 6.07) is 3.67. The molecule has 6 nitrogen and oxygen atoms in total. The number of anilines is 2. The van der Waals surface area contributed by atoms with E-state index in [1.54, 1.807) is 31.6 Å². The molecule has 2 heterocycles. The second-order valence-electron chi connectivity index (χ2n) is 7.60. The van der Waals surface area contributed by atoms with Crippen molar-refractivity contribution in [3.8, 4) is 11.8 Å². The smallest absolute Gasteiger partial charge is 0.236 e. The summed E-state index contributed by atoms with van der Waals surface area (Å²) in [6.45, 7) is 3.80. The van der Waals surface area contributed by atoms with E-state index >= 15 is 0 Å². The van der Waals surface area contributed by atoms with Crippen molar-refractivity contribution in [2.45, 2.75) is 50.2 Å². The molecule has 8 heteroatoms. The summed E-state index contributed by atoms with van der Waals surface area (Å²) in [6.07, 6.45) is 11.7. The monoisotopic (exact) mass is 456 g/mol. The molecule has 164 valence electrons. The van der Waals surface area contributed by atoms with Gasteiger partial charge in [-0.05, 0) is 25.0 Å². The van der Waals surface area contributed by atoms with Crippen LogP contribution in [0.2, 0.25) is 0 Å². The lowest BCUT2D eigenvalue weighted by Gasteiger charge is -2.21. The van der Waals surface area contributed by atoms with Gasteiger partial charge in [-0.3, -0.25) is 4.72 Å². The maximum absolute atomic E-state index is 13.0. The molecule has 0 saturated heterocycles. The fourth-order valence-electron chi connectivity index (χ4n) is 3.66. The van der Waals surface area contributed by atoms with Crippen molar-refractivity contribution >= 4 is 42.3 Å². The molecule has 1 aliphatic rings. The lowest BCUT2D eigenvalue weighted by atomic mass is 10.0. The number of aromatic nitrogens is 2. The minimum absolute atomic E-state index is 0.314. The molecule has 1 atom stereocenters. The minimum Gasteiger partial charge on any atom is -0.373 e. The van der Waals surface area contributed by atoms with E-state index in [-0.39, 0.29) is 5.25 Å². The Bertz CT molecular complexity index is 1100. The quantitative estimate of drug-likeness (QED) is 0.526. The van der Waals surface area contributed by atoms with Crippen LogP contribution in [0.4, 0.5) is 11.6 Å². The van der Waals surface area contributed by atoms with Crippen LogP contribution in [0.5, 0.6) is 0 Å². The number of hydrogen-bond donors (Lipinski definition) is 2. The van der Waals surface area contributed by atoms with Gasteiger partial charge in [0.2, 0.25) is 10.0 Å². The van der Waals surface area contributed by atoms with E-state index in [4.69, 9.17) is 0 Å². The van der Waals surface area contributed by atoms with Gasteiger partial charge in [0.1, 0.15) is 11.6 Å². The third-order valence-electron chi connectivity index (χ3n) is 5.44. The summed E-state index contributed by atoms with van der Waals surface area (Å²) >= 11 is 0. The average molecular weight is 457 g/mol. The maximum Gasteiger partial charge on any atom is 0.236 e. The van der Waals surface area contributed by atoms with Crippen molar-refractivity contribution in [3.63, 3.8) is 0 Å². The zero-order valence-corrected chi connectivity index (χ0v) is 19.8. The number of hydrogen-bond acceptors (Lipinski definition) is 5. The Kier molecular flexibility index (Phi) is 8.06. The van der Waals surface area contributed by atoms with Gasteiger partial charge in [-0.2, -0.15) is 0 Å². The molecule has 31 heavy (non-hydrogen) atoms. The molecular weight excluding hydrogens is 427 g/mol. The highest BCUT2D eigenvalue weighted by Crippen LogP contribution is 2.24. The average Bonchev–Trinajstić information content (AvgIpc) is 2.73. The molecule has 0 bridgehead atoms. The normalized spacial score (nSPS) is 15.2. The first-order valence-electron chi connectivity index (χ1n) is 10.5. The summed E-state index contributed by atoms with van der Waals surface area (Å²) < 4.78 is 28.7. The number of sulfonamides is 1. The summed E-state index contributed by atoms with van der Waals surface area (Å²) in [5, 5.41) is 3.27. The van der Waals surface area contributed by atoms with E-state index in [1.165, 1.54) is 6.42 Å². The first-order valence-corrected chi connectivity index (χ1v) is 12.7. The number of pyridine rings is 2. The molecule has 3 rings (SSSR count). The second kappa shape index (κ2) is 10.7. The largest absolute Gasteiger partial charge is 0.373 e. The summed E-state index contributed by atoms with van der Waals surface area (Å²) in [7, 11) is 0.868. The summed E-state index contributed by atoms with van der Waals surface area (Å²) in [4.78, 5) is 8.59. The fourth-order valence-corrected chi connectivity index (χ4v) is 5.64. The zero-order valence-electron chi connectivity index (χ0n) is 17.8. The van der Waals surface area contributed by atoms with Crippen molar-refractivity contribution in [2.75, 3.05) is 17.1 Å². The van der Waals surface area contributed by atoms with Crippen LogP contribution < -0.4 is 15.3 Å². The van der Waals surface area contributed by atoms with Gasteiger partial charge in [0.05, 0.1) is 5.25 Å². The van der Waals surface area contributed by atoms with Gasteiger partial charge < -0.3 is 5.32 Å². The Morgan fingerprint density at radius 1 is 1.13 bits per heavy atom. The van der Waals surface area contributed by atoms with Gasteiger partial charge in [0, 0.05) is 41.4 Å². The van der Waals surface area contributed by atoms with Crippen molar-refractivity contribution < 1.29 is 8.42 Å². The lowest BCUT2D eigenvalue weighted by molar-refractivity contribution is 0.489. The Balaban J connectivity index is 1.82. The number of nitrogens with zero attached hydrogens (tertiary/aromatic N) is 2. The van der Waals surface area contributed by atoms with Crippen LogP contribution in [-0.2, 0) is 10.0 Å². The number of rotatable bonds is 5. The molecule has 1 aliphatic carbocycles. The topological polar surface area (TPSA) is 84.0 Å². The van der Waals surface area contributed by atoms with E-state index < -0.39 is 10.0 Å². The maximum atomic E-state index is 13.0. The molecule has 2 aromatic rings. The number of nitrogens with one attached hydrogen (secondary N) is 2. The highest BCUT2D eigenvalue weighted by molar-refractivity contribution is 7.93. The van der Waals surface area contributed by atoms with Crippen LogP contribution >= 0.6 is 9.24 Å². The van der Waals surface area contributed by atoms with Gasteiger partial charge in [-0.15, -0.1) is 9.24 Å². The van der Waals surface area contributed by atoms with Crippen LogP contribution in [0, 0.1) is 11.8 Å². The zero-order chi connectivity index (χ0) is 22.3. The molecule has 0 aliphatic heterocycles. The molecule has 1 saturated carbocycles. The van der Waals surface area contributed by atoms with Crippen molar-refractivity contribution in [1.29, 1.82) is 0 Å². The van der Waals surface area contributed by atoms with Crippen LogP contribution in [0.15, 0.2) is 31.1 Å². The summed E-state index contributed by atoms with van der Waals surface area (Å²) in [5.74, 6) is 7.24. The van der Waals surface area contributed by atoms with Gasteiger partial charge in [-0.1, -0.05) is 56.6 Å². The van der Waals surface area contributed by atoms with E-state index in [9.17, 15) is 8.42 Å². The fraction of sp³-hybridized carbons (Fsp3) is 0.391. The molecule has 2 aromatic heterocycles. The molecule has 2 N–H and O–H groups in total. The molecular formula is C23H29N4O2PS. The van der Waals surface area contributed by atoms with Crippen LogP contribution in [-0.4, -0.2) is 30.7 Å². The molecule has 0 aromatic carbocycles.